The van der Waals surface area contributed by atoms with Gasteiger partial charge < -0.3 is 10.6 Å². The number of nitro benzene ring substituents is 1. The lowest BCUT2D eigenvalue weighted by Crippen LogP contribution is -2.14. The van der Waals surface area contributed by atoms with E-state index >= 15 is 0 Å². The Morgan fingerprint density at radius 2 is 1.69 bits per heavy atom. The van der Waals surface area contributed by atoms with Gasteiger partial charge in [-0.25, -0.2) is 0 Å². The first-order valence-corrected chi connectivity index (χ1v) is 8.16. The van der Waals surface area contributed by atoms with Gasteiger partial charge in [-0.2, -0.15) is 0 Å². The van der Waals surface area contributed by atoms with E-state index in [2.05, 4.69) is 10.6 Å². The second kappa shape index (κ2) is 7.60. The van der Waals surface area contributed by atoms with Gasteiger partial charge in [0.25, 0.3) is 5.69 Å². The van der Waals surface area contributed by atoms with Crippen LogP contribution in [0.5, 0.6) is 0 Å². The molecule has 0 spiro atoms. The number of hydrogen-bond acceptors (Lipinski definition) is 4. The predicted molar refractivity (Wildman–Crippen MR) is 98.6 cm³/mol. The molecule has 2 amide bonds. The molecule has 0 bridgehead atoms. The number of carbonyl (C=O) groups is 2. The number of benzene rings is 2. The Bertz CT molecular complexity index is 871. The van der Waals surface area contributed by atoms with E-state index in [9.17, 15) is 19.7 Å². The Balaban J connectivity index is 1.58. The zero-order valence-corrected chi connectivity index (χ0v) is 13.8. The van der Waals surface area contributed by atoms with Gasteiger partial charge in [0.2, 0.25) is 11.8 Å². The molecule has 0 saturated heterocycles. The minimum atomic E-state index is -0.477. The van der Waals surface area contributed by atoms with Crippen molar-refractivity contribution in [1.82, 2.24) is 0 Å². The fourth-order valence-electron chi connectivity index (χ4n) is 2.33. The predicted octanol–water partition coefficient (Wildman–Crippen LogP) is 3.60. The van der Waals surface area contributed by atoms with Crippen LogP contribution in [0.4, 0.5) is 17.1 Å². The second-order valence-corrected chi connectivity index (χ2v) is 6.02. The van der Waals surface area contributed by atoms with E-state index in [0.29, 0.717) is 16.9 Å². The molecule has 0 atom stereocenters. The summed E-state index contributed by atoms with van der Waals surface area (Å²) in [6.07, 6.45) is 4.76. The average molecular weight is 351 g/mol. The van der Waals surface area contributed by atoms with E-state index in [0.717, 1.165) is 12.8 Å². The van der Waals surface area contributed by atoms with Crippen molar-refractivity contribution >= 4 is 35.0 Å². The van der Waals surface area contributed by atoms with Gasteiger partial charge >= 0.3 is 0 Å². The second-order valence-electron chi connectivity index (χ2n) is 6.02. The van der Waals surface area contributed by atoms with Gasteiger partial charge in [-0.15, -0.1) is 0 Å². The van der Waals surface area contributed by atoms with Crippen LogP contribution in [0.2, 0.25) is 0 Å². The maximum atomic E-state index is 12.0. The van der Waals surface area contributed by atoms with Gasteiger partial charge in [0, 0.05) is 35.5 Å². The van der Waals surface area contributed by atoms with Crippen molar-refractivity contribution in [3.8, 4) is 0 Å². The highest BCUT2D eigenvalue weighted by Crippen LogP contribution is 2.30. The number of nitrogens with one attached hydrogen (secondary N) is 2. The molecule has 2 aromatic rings. The van der Waals surface area contributed by atoms with Crippen LogP contribution < -0.4 is 10.6 Å². The number of rotatable bonds is 6. The summed E-state index contributed by atoms with van der Waals surface area (Å²) in [6, 6.07) is 12.8. The fraction of sp³-hybridized carbons (Fsp3) is 0.158. The molecule has 0 heterocycles. The summed E-state index contributed by atoms with van der Waals surface area (Å²) in [4.78, 5) is 33.9. The Kier molecular flexibility index (Phi) is 5.07. The Labute approximate surface area is 149 Å². The van der Waals surface area contributed by atoms with Crippen molar-refractivity contribution in [2.75, 3.05) is 10.6 Å². The van der Waals surface area contributed by atoms with Crippen molar-refractivity contribution in [3.63, 3.8) is 0 Å². The average Bonchev–Trinajstić information content (AvgIpc) is 3.46. The van der Waals surface area contributed by atoms with Crippen LogP contribution in [0.15, 0.2) is 54.6 Å². The molecule has 1 aliphatic carbocycles. The first-order chi connectivity index (χ1) is 12.5. The largest absolute Gasteiger partial charge is 0.326 e. The number of nitro groups is 1. The molecule has 2 N–H and O–H groups in total. The first kappa shape index (κ1) is 17.3. The lowest BCUT2D eigenvalue weighted by molar-refractivity contribution is -0.384. The normalized spacial score (nSPS) is 13.4. The smallest absolute Gasteiger partial charge is 0.269 e. The lowest BCUT2D eigenvalue weighted by Gasteiger charge is -2.07. The monoisotopic (exact) mass is 351 g/mol. The molecule has 1 saturated carbocycles. The first-order valence-electron chi connectivity index (χ1n) is 8.16. The van der Waals surface area contributed by atoms with Gasteiger partial charge in [-0.05, 0) is 54.8 Å². The summed E-state index contributed by atoms with van der Waals surface area (Å²) in [7, 11) is 0. The standard InChI is InChI=1S/C19H17N3O4/c23-18(11-6-13-4-9-17(10-5-13)22(25)26)20-15-2-1-3-16(12-15)21-19(24)14-7-8-14/h1-6,9-12,14H,7-8H2,(H,20,23)(H,21,24)/b11-6+. The van der Waals surface area contributed by atoms with Crippen molar-refractivity contribution in [2.24, 2.45) is 5.92 Å². The number of nitrogens with zero attached hydrogens (tertiary/aromatic N) is 1. The topological polar surface area (TPSA) is 101 Å². The third-order valence-electron chi connectivity index (χ3n) is 3.88. The summed E-state index contributed by atoms with van der Waals surface area (Å²) in [5, 5.41) is 16.2. The van der Waals surface area contributed by atoms with Gasteiger partial charge in [0.05, 0.1) is 4.92 Å². The molecule has 0 aromatic heterocycles. The van der Waals surface area contributed by atoms with Crippen molar-refractivity contribution in [3.05, 3.63) is 70.3 Å². The highest BCUT2D eigenvalue weighted by molar-refractivity contribution is 6.02. The van der Waals surface area contributed by atoms with Crippen molar-refractivity contribution in [1.29, 1.82) is 0 Å². The SMILES string of the molecule is O=C(/C=C/c1ccc([N+](=O)[O-])cc1)Nc1cccc(NC(=O)C2CC2)c1. The van der Waals surface area contributed by atoms with Gasteiger partial charge in [0.15, 0.2) is 0 Å². The molecule has 1 fully saturated rings. The molecule has 7 nitrogen and oxygen atoms in total. The van der Waals surface area contributed by atoms with Crippen molar-refractivity contribution < 1.29 is 14.5 Å². The van der Waals surface area contributed by atoms with Crippen LogP contribution in [0.3, 0.4) is 0 Å². The maximum Gasteiger partial charge on any atom is 0.269 e. The maximum absolute atomic E-state index is 12.0. The van der Waals surface area contributed by atoms with E-state index < -0.39 is 4.92 Å². The third kappa shape index (κ3) is 4.76. The molecule has 2 aromatic carbocycles. The summed E-state index contributed by atoms with van der Waals surface area (Å²) >= 11 is 0. The molecule has 26 heavy (non-hydrogen) atoms. The summed E-state index contributed by atoms with van der Waals surface area (Å²) in [6.45, 7) is 0. The Morgan fingerprint density at radius 1 is 1.04 bits per heavy atom. The number of anilines is 2. The Morgan fingerprint density at radius 3 is 2.31 bits per heavy atom. The van der Waals surface area contributed by atoms with Gasteiger partial charge in [0.1, 0.15) is 0 Å². The Hall–Kier alpha value is -3.48. The van der Waals surface area contributed by atoms with E-state index in [1.807, 2.05) is 0 Å². The van der Waals surface area contributed by atoms with Crippen LogP contribution in [0.1, 0.15) is 18.4 Å². The molecule has 1 aliphatic rings. The van der Waals surface area contributed by atoms with E-state index in [4.69, 9.17) is 0 Å². The van der Waals surface area contributed by atoms with Crippen LogP contribution >= 0.6 is 0 Å². The minimum Gasteiger partial charge on any atom is -0.326 e. The zero-order chi connectivity index (χ0) is 18.5. The molecule has 3 rings (SSSR count). The molecule has 0 aliphatic heterocycles. The summed E-state index contributed by atoms with van der Waals surface area (Å²) in [5.74, 6) is -0.224. The van der Waals surface area contributed by atoms with Crippen molar-refractivity contribution in [2.45, 2.75) is 12.8 Å². The van der Waals surface area contributed by atoms with Crippen LogP contribution in [0.25, 0.3) is 6.08 Å². The number of non-ortho nitro benzene ring substituents is 1. The summed E-state index contributed by atoms with van der Waals surface area (Å²) in [5.41, 5.74) is 1.88. The highest BCUT2D eigenvalue weighted by Gasteiger charge is 2.29. The van der Waals surface area contributed by atoms with Crippen LogP contribution in [-0.4, -0.2) is 16.7 Å². The quantitative estimate of drug-likeness (QED) is 0.472. The molecule has 0 radical (unpaired) electrons. The highest BCUT2D eigenvalue weighted by atomic mass is 16.6. The number of amides is 2. The minimum absolute atomic E-state index is 0.00309. The fourth-order valence-corrected chi connectivity index (χ4v) is 2.33. The van der Waals surface area contributed by atoms with E-state index in [1.54, 1.807) is 42.5 Å². The van der Waals surface area contributed by atoms with E-state index in [-0.39, 0.29) is 23.4 Å². The van der Waals surface area contributed by atoms with Crippen LogP contribution in [0, 0.1) is 16.0 Å². The number of carbonyl (C=O) groups excluding carboxylic acids is 2. The number of hydrogen-bond donors (Lipinski definition) is 2. The van der Waals surface area contributed by atoms with E-state index in [1.165, 1.54) is 18.2 Å². The molecular weight excluding hydrogens is 334 g/mol. The molecular formula is C19H17N3O4. The molecule has 132 valence electrons. The molecule has 7 heteroatoms. The third-order valence-corrected chi connectivity index (χ3v) is 3.88. The lowest BCUT2D eigenvalue weighted by atomic mass is 10.2. The molecule has 0 unspecified atom stereocenters. The van der Waals surface area contributed by atoms with Gasteiger partial charge in [-0.3, -0.25) is 19.7 Å². The zero-order valence-electron chi connectivity index (χ0n) is 13.8. The van der Waals surface area contributed by atoms with Gasteiger partial charge in [-0.1, -0.05) is 6.07 Å². The summed E-state index contributed by atoms with van der Waals surface area (Å²) < 4.78 is 0. The van der Waals surface area contributed by atoms with Crippen LogP contribution in [-0.2, 0) is 9.59 Å².